The molecule has 3 rings (SSSR count). The first-order valence-electron chi connectivity index (χ1n) is 7.32. The van der Waals surface area contributed by atoms with Gasteiger partial charge in [0.15, 0.2) is 0 Å². The molecule has 3 nitrogen and oxygen atoms in total. The molecular weight excluding hydrogens is 375 g/mol. The summed E-state index contributed by atoms with van der Waals surface area (Å²) in [6.45, 7) is 1.91. The minimum Gasteiger partial charge on any atom is -0.506 e. The summed E-state index contributed by atoms with van der Waals surface area (Å²) in [5.74, 6) is -0.0927. The summed E-state index contributed by atoms with van der Waals surface area (Å²) in [6.07, 6.45) is 1.47. The van der Waals surface area contributed by atoms with Gasteiger partial charge in [-0.3, -0.25) is 0 Å². The van der Waals surface area contributed by atoms with E-state index in [1.54, 1.807) is 6.07 Å². The number of benzene rings is 2. The van der Waals surface area contributed by atoms with Crippen molar-refractivity contribution in [3.05, 3.63) is 69.2 Å². The first-order chi connectivity index (χ1) is 12.0. The Morgan fingerprint density at radius 2 is 1.92 bits per heavy atom. The maximum absolute atomic E-state index is 10.0. The van der Waals surface area contributed by atoms with Crippen molar-refractivity contribution in [1.29, 1.82) is 5.26 Å². The zero-order valence-electron chi connectivity index (χ0n) is 13.1. The number of aliphatic imine (C=N–C) groups is 1. The van der Waals surface area contributed by atoms with Crippen LogP contribution in [0.15, 0.2) is 47.5 Å². The Morgan fingerprint density at radius 1 is 1.20 bits per heavy atom. The Balaban J connectivity index is 2.06. The second-order valence-electron chi connectivity index (χ2n) is 5.30. The van der Waals surface area contributed by atoms with Crippen LogP contribution in [0.5, 0.6) is 5.75 Å². The molecule has 0 unspecified atom stereocenters. The van der Waals surface area contributed by atoms with Gasteiger partial charge in [-0.05, 0) is 30.2 Å². The van der Waals surface area contributed by atoms with Crippen molar-refractivity contribution in [1.82, 2.24) is 0 Å². The lowest BCUT2D eigenvalue weighted by Crippen LogP contribution is -1.84. The third-order valence-corrected chi connectivity index (χ3v) is 5.41. The Kier molecular flexibility index (Phi) is 5.10. The fraction of sp³-hybridized carbons (Fsp3) is 0.0526. The zero-order chi connectivity index (χ0) is 18.0. The molecular formula is C19H12Cl2N2OS. The van der Waals surface area contributed by atoms with Gasteiger partial charge in [-0.2, -0.15) is 5.26 Å². The molecule has 0 saturated carbocycles. The van der Waals surface area contributed by atoms with Gasteiger partial charge >= 0.3 is 0 Å². The Hall–Kier alpha value is -2.32. The number of rotatable bonds is 3. The van der Waals surface area contributed by atoms with Crippen LogP contribution in [-0.4, -0.2) is 11.3 Å². The van der Waals surface area contributed by atoms with E-state index in [2.05, 4.69) is 11.1 Å². The molecule has 0 aliphatic heterocycles. The number of hydrogen-bond donors (Lipinski definition) is 1. The van der Waals surface area contributed by atoms with Crippen LogP contribution in [0.1, 0.15) is 16.7 Å². The smallest absolute Gasteiger partial charge is 0.143 e. The van der Waals surface area contributed by atoms with Crippen LogP contribution in [0.25, 0.3) is 10.4 Å². The molecule has 0 aliphatic rings. The van der Waals surface area contributed by atoms with Gasteiger partial charge in [-0.25, -0.2) is 4.99 Å². The zero-order valence-corrected chi connectivity index (χ0v) is 15.5. The van der Waals surface area contributed by atoms with E-state index in [0.717, 1.165) is 16.0 Å². The lowest BCUT2D eigenvalue weighted by atomic mass is 10.1. The van der Waals surface area contributed by atoms with Gasteiger partial charge < -0.3 is 5.11 Å². The van der Waals surface area contributed by atoms with Crippen molar-refractivity contribution < 1.29 is 5.11 Å². The summed E-state index contributed by atoms with van der Waals surface area (Å²) in [5.41, 5.74) is 2.84. The second kappa shape index (κ2) is 7.28. The highest BCUT2D eigenvalue weighted by atomic mass is 35.5. The molecule has 0 radical (unpaired) electrons. The van der Waals surface area contributed by atoms with Crippen LogP contribution >= 0.6 is 34.5 Å². The molecule has 3 aromatic rings. The fourth-order valence-electron chi connectivity index (χ4n) is 2.40. The largest absolute Gasteiger partial charge is 0.506 e. The Bertz CT molecular complexity index is 1000. The lowest BCUT2D eigenvalue weighted by molar-refractivity contribution is 0.475. The normalized spacial score (nSPS) is 11.0. The molecule has 0 spiro atoms. The number of halogens is 2. The average Bonchev–Trinajstić information content (AvgIpc) is 2.93. The molecule has 1 heterocycles. The van der Waals surface area contributed by atoms with Crippen molar-refractivity contribution in [3.63, 3.8) is 0 Å². The lowest BCUT2D eigenvalue weighted by Gasteiger charge is -2.01. The number of thiophene rings is 1. The maximum Gasteiger partial charge on any atom is 0.143 e. The van der Waals surface area contributed by atoms with Gasteiger partial charge in [0.2, 0.25) is 0 Å². The monoisotopic (exact) mass is 386 g/mol. The topological polar surface area (TPSA) is 56.4 Å². The molecule has 0 amide bonds. The van der Waals surface area contributed by atoms with Crippen LogP contribution in [0.3, 0.4) is 0 Å². The third kappa shape index (κ3) is 3.54. The van der Waals surface area contributed by atoms with Gasteiger partial charge in [-0.15, -0.1) is 11.3 Å². The number of phenolic OH excluding ortho intramolecular Hbond substituents is 1. The highest BCUT2D eigenvalue weighted by Crippen LogP contribution is 2.41. The summed E-state index contributed by atoms with van der Waals surface area (Å²) in [5, 5.41) is 20.6. The van der Waals surface area contributed by atoms with E-state index in [4.69, 9.17) is 23.2 Å². The van der Waals surface area contributed by atoms with Crippen molar-refractivity contribution >= 4 is 45.8 Å². The summed E-state index contributed by atoms with van der Waals surface area (Å²) in [7, 11) is 0. The van der Waals surface area contributed by atoms with Crippen LogP contribution in [0.2, 0.25) is 10.0 Å². The number of nitriles is 1. The van der Waals surface area contributed by atoms with Crippen LogP contribution in [0.4, 0.5) is 5.00 Å². The summed E-state index contributed by atoms with van der Waals surface area (Å²) >= 11 is 13.3. The molecule has 1 N–H and O–H groups in total. The molecule has 25 heavy (non-hydrogen) atoms. The number of aromatic hydroxyl groups is 1. The summed E-state index contributed by atoms with van der Waals surface area (Å²) in [6, 6.07) is 15.1. The molecule has 124 valence electrons. The van der Waals surface area contributed by atoms with E-state index in [1.165, 1.54) is 23.6 Å². The standard InChI is InChI=1S/C19H12Cl2N2OS/c1-11-15(9-22)19(25-18(11)12-5-3-2-4-6-12)23-10-13-7-14(20)8-16(21)17(13)24/h2-8,10,24H,1H3. The highest BCUT2D eigenvalue weighted by Gasteiger charge is 2.15. The van der Waals surface area contributed by atoms with Gasteiger partial charge in [-0.1, -0.05) is 53.5 Å². The molecule has 6 heteroatoms. The fourth-order valence-corrected chi connectivity index (χ4v) is 4.02. The van der Waals surface area contributed by atoms with Crippen LogP contribution in [0, 0.1) is 18.3 Å². The van der Waals surface area contributed by atoms with Crippen LogP contribution < -0.4 is 0 Å². The van der Waals surface area contributed by atoms with Crippen molar-refractivity contribution in [2.24, 2.45) is 4.99 Å². The van der Waals surface area contributed by atoms with E-state index < -0.39 is 0 Å². The van der Waals surface area contributed by atoms with E-state index >= 15 is 0 Å². The average molecular weight is 387 g/mol. The van der Waals surface area contributed by atoms with Crippen molar-refractivity contribution in [2.45, 2.75) is 6.92 Å². The first kappa shape index (κ1) is 17.5. The molecule has 2 aromatic carbocycles. The van der Waals surface area contributed by atoms with E-state index in [0.29, 0.717) is 21.2 Å². The molecule has 0 saturated heterocycles. The predicted octanol–water partition coefficient (Wildman–Crippen LogP) is 6.36. The molecule has 0 aliphatic carbocycles. The third-order valence-electron chi connectivity index (χ3n) is 3.65. The van der Waals surface area contributed by atoms with E-state index in [9.17, 15) is 10.4 Å². The molecule has 0 bridgehead atoms. The highest BCUT2D eigenvalue weighted by molar-refractivity contribution is 7.19. The number of nitrogens with zero attached hydrogens (tertiary/aromatic N) is 2. The van der Waals surface area contributed by atoms with E-state index in [-0.39, 0.29) is 10.8 Å². The Labute approximate surface area is 159 Å². The maximum atomic E-state index is 10.0. The number of hydrogen-bond acceptors (Lipinski definition) is 4. The molecule has 1 aromatic heterocycles. The minimum absolute atomic E-state index is 0.0927. The summed E-state index contributed by atoms with van der Waals surface area (Å²) in [4.78, 5) is 5.39. The van der Waals surface area contributed by atoms with Gasteiger partial charge in [0.25, 0.3) is 0 Å². The second-order valence-corrected chi connectivity index (χ2v) is 7.14. The molecule has 0 fully saturated rings. The minimum atomic E-state index is -0.0927. The molecule has 0 atom stereocenters. The van der Waals surface area contributed by atoms with Crippen LogP contribution in [-0.2, 0) is 0 Å². The van der Waals surface area contributed by atoms with E-state index in [1.807, 2.05) is 37.3 Å². The number of phenols is 1. The quantitative estimate of drug-likeness (QED) is 0.532. The van der Waals surface area contributed by atoms with Gasteiger partial charge in [0, 0.05) is 21.7 Å². The predicted molar refractivity (Wildman–Crippen MR) is 105 cm³/mol. The first-order valence-corrected chi connectivity index (χ1v) is 8.89. The van der Waals surface area contributed by atoms with Crippen molar-refractivity contribution in [2.75, 3.05) is 0 Å². The van der Waals surface area contributed by atoms with Crippen molar-refractivity contribution in [3.8, 4) is 22.3 Å². The van der Waals surface area contributed by atoms with Gasteiger partial charge in [0.1, 0.15) is 16.8 Å². The van der Waals surface area contributed by atoms with Gasteiger partial charge in [0.05, 0.1) is 10.6 Å². The summed E-state index contributed by atoms with van der Waals surface area (Å²) < 4.78 is 0. The Morgan fingerprint density at radius 3 is 2.60 bits per heavy atom. The SMILES string of the molecule is Cc1c(-c2ccccc2)sc(N=Cc2cc(Cl)cc(Cl)c2O)c1C#N.